The Kier molecular flexibility index (Phi) is 5.67. The van der Waals surface area contributed by atoms with Gasteiger partial charge in [-0.2, -0.15) is 5.26 Å². The number of esters is 1. The Morgan fingerprint density at radius 3 is 2.74 bits per heavy atom. The highest BCUT2D eigenvalue weighted by molar-refractivity contribution is 7.17. The number of nitriles is 1. The quantitative estimate of drug-likeness (QED) is 0.489. The maximum Gasteiger partial charge on any atom is 0.341 e. The van der Waals surface area contributed by atoms with Crippen LogP contribution in [0.4, 0.5) is 9.39 Å². The van der Waals surface area contributed by atoms with Crippen molar-refractivity contribution in [2.75, 3.05) is 12.4 Å². The van der Waals surface area contributed by atoms with Crippen LogP contribution in [0.15, 0.2) is 29.8 Å². The minimum absolute atomic E-state index is 0.142. The third-order valence-electron chi connectivity index (χ3n) is 4.36. The molecule has 1 N–H and O–H groups in total. The van der Waals surface area contributed by atoms with E-state index < -0.39 is 17.7 Å². The first-order chi connectivity index (χ1) is 13.0. The van der Waals surface area contributed by atoms with Gasteiger partial charge in [-0.05, 0) is 43.4 Å². The Labute approximate surface area is 160 Å². The van der Waals surface area contributed by atoms with E-state index >= 15 is 0 Å². The zero-order valence-electron chi connectivity index (χ0n) is 14.7. The topological polar surface area (TPSA) is 79.2 Å². The van der Waals surface area contributed by atoms with Crippen LogP contribution in [0.1, 0.15) is 39.2 Å². The molecule has 0 saturated heterocycles. The molecule has 1 aliphatic carbocycles. The largest absolute Gasteiger partial charge is 0.465 e. The number of nitrogens with one attached hydrogen (secondary N) is 1. The number of thiophene rings is 1. The molecule has 0 bridgehead atoms. The Morgan fingerprint density at radius 1 is 1.30 bits per heavy atom. The van der Waals surface area contributed by atoms with Crippen molar-refractivity contribution in [1.29, 1.82) is 5.26 Å². The summed E-state index contributed by atoms with van der Waals surface area (Å²) < 4.78 is 18.7. The van der Waals surface area contributed by atoms with Gasteiger partial charge in [-0.3, -0.25) is 4.79 Å². The Hall–Kier alpha value is -2.98. The van der Waals surface area contributed by atoms with E-state index in [1.54, 1.807) is 12.1 Å². The number of halogens is 1. The number of carbonyl (C=O) groups is 2. The zero-order valence-corrected chi connectivity index (χ0v) is 15.5. The van der Waals surface area contributed by atoms with Crippen LogP contribution in [0.2, 0.25) is 0 Å². The molecule has 1 aliphatic rings. The molecule has 138 valence electrons. The summed E-state index contributed by atoms with van der Waals surface area (Å²) >= 11 is 1.33. The summed E-state index contributed by atoms with van der Waals surface area (Å²) in [6.45, 7) is 0. The van der Waals surface area contributed by atoms with Gasteiger partial charge in [-0.15, -0.1) is 11.3 Å². The van der Waals surface area contributed by atoms with Gasteiger partial charge in [0.05, 0.1) is 12.7 Å². The molecule has 0 fully saturated rings. The second-order valence-corrected chi connectivity index (χ2v) is 7.16. The molecule has 1 heterocycles. The van der Waals surface area contributed by atoms with Crippen LogP contribution in [0.3, 0.4) is 0 Å². The van der Waals surface area contributed by atoms with Crippen molar-refractivity contribution >= 4 is 34.3 Å². The predicted molar refractivity (Wildman–Crippen MR) is 101 cm³/mol. The number of anilines is 1. The number of hydrogen-bond donors (Lipinski definition) is 1. The number of hydrogen-bond acceptors (Lipinski definition) is 5. The summed E-state index contributed by atoms with van der Waals surface area (Å²) in [5.74, 6) is -1.73. The summed E-state index contributed by atoms with van der Waals surface area (Å²) in [6, 6.07) is 7.66. The highest BCUT2D eigenvalue weighted by Gasteiger charge is 2.27. The Morgan fingerprint density at radius 2 is 2.04 bits per heavy atom. The van der Waals surface area contributed by atoms with Crippen molar-refractivity contribution in [3.05, 3.63) is 57.2 Å². The molecule has 0 saturated carbocycles. The van der Waals surface area contributed by atoms with E-state index in [4.69, 9.17) is 4.74 Å². The lowest BCUT2D eigenvalue weighted by atomic mass is 9.95. The first kappa shape index (κ1) is 18.8. The lowest BCUT2D eigenvalue weighted by Gasteiger charge is -2.11. The maximum absolute atomic E-state index is 13.8. The van der Waals surface area contributed by atoms with Crippen LogP contribution in [-0.2, 0) is 22.4 Å². The van der Waals surface area contributed by atoms with Gasteiger partial charge in [0.15, 0.2) is 0 Å². The average Bonchev–Trinajstić information content (AvgIpc) is 3.04. The van der Waals surface area contributed by atoms with Crippen LogP contribution in [0.25, 0.3) is 6.08 Å². The zero-order chi connectivity index (χ0) is 19.4. The normalized spacial score (nSPS) is 13.4. The predicted octanol–water partition coefficient (Wildman–Crippen LogP) is 4.10. The van der Waals surface area contributed by atoms with Gasteiger partial charge >= 0.3 is 5.97 Å². The number of methoxy groups -OCH3 is 1. The summed E-state index contributed by atoms with van der Waals surface area (Å²) in [4.78, 5) is 25.8. The SMILES string of the molecule is COC(=O)c1c(NC(=O)C(C#N)=Cc2ccccc2F)sc2c1CCCC2. The van der Waals surface area contributed by atoms with E-state index in [0.29, 0.717) is 10.6 Å². The first-order valence-corrected chi connectivity index (χ1v) is 9.27. The van der Waals surface area contributed by atoms with Gasteiger partial charge in [-0.1, -0.05) is 18.2 Å². The Balaban J connectivity index is 1.93. The van der Waals surface area contributed by atoms with E-state index in [1.165, 1.54) is 42.7 Å². The van der Waals surface area contributed by atoms with E-state index in [2.05, 4.69) is 5.32 Å². The van der Waals surface area contributed by atoms with Crippen molar-refractivity contribution in [2.45, 2.75) is 25.7 Å². The van der Waals surface area contributed by atoms with Crippen molar-refractivity contribution < 1.29 is 18.7 Å². The summed E-state index contributed by atoms with van der Waals surface area (Å²) in [5, 5.41) is 12.3. The van der Waals surface area contributed by atoms with Gasteiger partial charge in [0, 0.05) is 10.4 Å². The van der Waals surface area contributed by atoms with E-state index in [9.17, 15) is 19.2 Å². The number of carbonyl (C=O) groups excluding carboxylic acids is 2. The van der Waals surface area contributed by atoms with Gasteiger partial charge in [0.2, 0.25) is 0 Å². The third-order valence-corrected chi connectivity index (χ3v) is 5.57. The van der Waals surface area contributed by atoms with Crippen LogP contribution >= 0.6 is 11.3 Å². The summed E-state index contributed by atoms with van der Waals surface area (Å²) in [7, 11) is 1.29. The molecule has 3 rings (SSSR count). The third kappa shape index (κ3) is 3.91. The molecule has 5 nitrogen and oxygen atoms in total. The molecule has 2 aromatic rings. The molecule has 7 heteroatoms. The van der Waals surface area contributed by atoms with Crippen LogP contribution < -0.4 is 5.32 Å². The van der Waals surface area contributed by atoms with Crippen LogP contribution in [0.5, 0.6) is 0 Å². The average molecular weight is 384 g/mol. The monoisotopic (exact) mass is 384 g/mol. The molecule has 0 unspecified atom stereocenters. The standard InChI is InChI=1S/C20H17FN2O3S/c1-26-20(25)17-14-7-3-5-9-16(14)27-19(17)23-18(24)13(11-22)10-12-6-2-4-8-15(12)21/h2,4,6,8,10H,3,5,7,9H2,1H3,(H,23,24). The van der Waals surface area contributed by atoms with E-state index in [0.717, 1.165) is 36.1 Å². The number of nitrogens with zero attached hydrogens (tertiary/aromatic N) is 1. The number of amides is 1. The molecular weight excluding hydrogens is 367 g/mol. The fourth-order valence-corrected chi connectivity index (χ4v) is 4.31. The summed E-state index contributed by atoms with van der Waals surface area (Å²) in [5.41, 5.74) is 1.16. The van der Waals surface area contributed by atoms with E-state index in [1.807, 2.05) is 0 Å². The number of benzene rings is 1. The minimum Gasteiger partial charge on any atom is -0.465 e. The highest BCUT2D eigenvalue weighted by atomic mass is 32.1. The van der Waals surface area contributed by atoms with Crippen LogP contribution in [-0.4, -0.2) is 19.0 Å². The molecular formula is C20H17FN2O3S. The molecule has 1 aromatic heterocycles. The lowest BCUT2D eigenvalue weighted by Crippen LogP contribution is -2.16. The highest BCUT2D eigenvalue weighted by Crippen LogP contribution is 2.38. The first-order valence-electron chi connectivity index (χ1n) is 8.45. The minimum atomic E-state index is -0.690. The number of ether oxygens (including phenoxy) is 1. The second kappa shape index (κ2) is 8.14. The second-order valence-electron chi connectivity index (χ2n) is 6.05. The molecule has 1 amide bonds. The van der Waals surface area contributed by atoms with Crippen molar-refractivity contribution in [2.24, 2.45) is 0 Å². The molecule has 1 aromatic carbocycles. The molecule has 0 aliphatic heterocycles. The number of rotatable bonds is 4. The summed E-state index contributed by atoms with van der Waals surface area (Å²) in [6.07, 6.45) is 4.78. The van der Waals surface area contributed by atoms with Gasteiger partial charge in [0.25, 0.3) is 5.91 Å². The fourth-order valence-electron chi connectivity index (χ4n) is 3.04. The molecule has 0 atom stereocenters. The molecule has 0 radical (unpaired) electrons. The molecule has 27 heavy (non-hydrogen) atoms. The number of fused-ring (bicyclic) bond motifs is 1. The van der Waals surface area contributed by atoms with Crippen molar-refractivity contribution in [1.82, 2.24) is 0 Å². The Bertz CT molecular complexity index is 972. The maximum atomic E-state index is 13.8. The van der Waals surface area contributed by atoms with Gasteiger partial charge in [-0.25, -0.2) is 9.18 Å². The van der Waals surface area contributed by atoms with Crippen molar-refractivity contribution in [3.8, 4) is 6.07 Å². The fraction of sp³-hybridized carbons (Fsp3) is 0.250. The van der Waals surface area contributed by atoms with E-state index in [-0.39, 0.29) is 11.1 Å². The smallest absolute Gasteiger partial charge is 0.341 e. The molecule has 0 spiro atoms. The van der Waals surface area contributed by atoms with Crippen LogP contribution in [0, 0.1) is 17.1 Å². The number of aryl methyl sites for hydroxylation is 1. The lowest BCUT2D eigenvalue weighted by molar-refractivity contribution is -0.112. The van der Waals surface area contributed by atoms with Gasteiger partial charge < -0.3 is 10.1 Å². The van der Waals surface area contributed by atoms with Gasteiger partial charge in [0.1, 0.15) is 22.5 Å². The van der Waals surface area contributed by atoms with Crippen molar-refractivity contribution in [3.63, 3.8) is 0 Å².